The van der Waals surface area contributed by atoms with Crippen molar-refractivity contribution in [3.63, 3.8) is 0 Å². The SMILES string of the molecule is CC1CN(c2ccc(Nc3ccc4c(c3)OC(C)C(=O)N4)cc2)CC(C)O1. The minimum Gasteiger partial charge on any atom is -0.479 e. The minimum atomic E-state index is -0.481. The van der Waals surface area contributed by atoms with Crippen LogP contribution >= 0.6 is 0 Å². The molecule has 2 aliphatic rings. The lowest BCUT2D eigenvalue weighted by Crippen LogP contribution is -2.45. The van der Waals surface area contributed by atoms with Crippen LogP contribution in [0.15, 0.2) is 42.5 Å². The molecule has 2 aromatic carbocycles. The third-order valence-electron chi connectivity index (χ3n) is 4.85. The van der Waals surface area contributed by atoms with Crippen molar-refractivity contribution in [3.8, 4) is 5.75 Å². The average molecular weight is 367 g/mol. The summed E-state index contributed by atoms with van der Waals surface area (Å²) in [4.78, 5) is 14.0. The number of fused-ring (bicyclic) bond motifs is 1. The molecule has 0 aromatic heterocycles. The van der Waals surface area contributed by atoms with Gasteiger partial charge in [0.25, 0.3) is 5.91 Å². The molecule has 2 aromatic rings. The fourth-order valence-electron chi connectivity index (χ4n) is 3.59. The van der Waals surface area contributed by atoms with Crippen LogP contribution in [0.5, 0.6) is 5.75 Å². The third-order valence-corrected chi connectivity index (χ3v) is 4.85. The number of carbonyl (C=O) groups excluding carboxylic acids is 1. The summed E-state index contributed by atoms with van der Waals surface area (Å²) < 4.78 is 11.5. The Labute approximate surface area is 159 Å². The molecule has 3 atom stereocenters. The van der Waals surface area contributed by atoms with Gasteiger partial charge in [-0.15, -0.1) is 0 Å². The number of benzene rings is 2. The Morgan fingerprint density at radius 1 is 1.00 bits per heavy atom. The molecule has 0 saturated carbocycles. The number of nitrogens with one attached hydrogen (secondary N) is 2. The van der Waals surface area contributed by atoms with E-state index in [1.165, 1.54) is 5.69 Å². The van der Waals surface area contributed by atoms with Crippen molar-refractivity contribution < 1.29 is 14.3 Å². The number of rotatable bonds is 3. The van der Waals surface area contributed by atoms with E-state index in [0.29, 0.717) is 11.4 Å². The van der Waals surface area contributed by atoms with E-state index in [1.807, 2.05) is 18.2 Å². The van der Waals surface area contributed by atoms with Gasteiger partial charge < -0.3 is 25.0 Å². The second-order valence-corrected chi connectivity index (χ2v) is 7.29. The van der Waals surface area contributed by atoms with Gasteiger partial charge in [0.15, 0.2) is 6.10 Å². The number of ether oxygens (including phenoxy) is 2. The standard InChI is InChI=1S/C21H25N3O3/c1-13-11-24(12-14(2)26-13)18-7-4-16(5-8-18)22-17-6-9-19-20(10-17)27-15(3)21(25)23-19/h4-10,13-15,22H,11-12H2,1-3H3,(H,23,25). The van der Waals surface area contributed by atoms with Gasteiger partial charge in [-0.2, -0.15) is 0 Å². The molecule has 6 nitrogen and oxygen atoms in total. The fraction of sp³-hybridized carbons (Fsp3) is 0.381. The molecule has 27 heavy (non-hydrogen) atoms. The van der Waals surface area contributed by atoms with Crippen LogP contribution in [0, 0.1) is 0 Å². The van der Waals surface area contributed by atoms with Crippen molar-refractivity contribution in [1.82, 2.24) is 0 Å². The van der Waals surface area contributed by atoms with Gasteiger partial charge in [0.2, 0.25) is 0 Å². The van der Waals surface area contributed by atoms with Gasteiger partial charge in [0.05, 0.1) is 17.9 Å². The second kappa shape index (κ2) is 7.12. The molecule has 1 saturated heterocycles. The molecular weight excluding hydrogens is 342 g/mol. The Kier molecular flexibility index (Phi) is 4.66. The zero-order valence-corrected chi connectivity index (χ0v) is 15.9. The van der Waals surface area contributed by atoms with Crippen molar-refractivity contribution in [1.29, 1.82) is 0 Å². The van der Waals surface area contributed by atoms with E-state index >= 15 is 0 Å². The summed E-state index contributed by atoms with van der Waals surface area (Å²) in [6.07, 6.45) is 0.000184. The zero-order chi connectivity index (χ0) is 19.0. The molecule has 142 valence electrons. The van der Waals surface area contributed by atoms with Crippen LogP contribution in [0.4, 0.5) is 22.7 Å². The van der Waals surface area contributed by atoms with Gasteiger partial charge in [-0.25, -0.2) is 0 Å². The molecule has 0 spiro atoms. The number of hydrogen-bond acceptors (Lipinski definition) is 5. The predicted molar refractivity (Wildman–Crippen MR) is 107 cm³/mol. The van der Waals surface area contributed by atoms with Crippen molar-refractivity contribution in [3.05, 3.63) is 42.5 Å². The van der Waals surface area contributed by atoms with Gasteiger partial charge >= 0.3 is 0 Å². The Balaban J connectivity index is 1.46. The Bertz CT molecular complexity index is 827. The molecule has 1 fully saturated rings. The monoisotopic (exact) mass is 367 g/mol. The summed E-state index contributed by atoms with van der Waals surface area (Å²) in [6.45, 7) is 7.77. The molecule has 6 heteroatoms. The highest BCUT2D eigenvalue weighted by molar-refractivity contribution is 5.97. The first-order chi connectivity index (χ1) is 13.0. The lowest BCUT2D eigenvalue weighted by atomic mass is 10.1. The minimum absolute atomic E-state index is 0.120. The summed E-state index contributed by atoms with van der Waals surface area (Å²) >= 11 is 0. The zero-order valence-electron chi connectivity index (χ0n) is 15.9. The first-order valence-corrected chi connectivity index (χ1v) is 9.37. The Hall–Kier alpha value is -2.73. The lowest BCUT2D eigenvalue weighted by Gasteiger charge is -2.36. The molecule has 2 N–H and O–H groups in total. The van der Waals surface area contributed by atoms with Crippen molar-refractivity contribution >= 4 is 28.7 Å². The highest BCUT2D eigenvalue weighted by atomic mass is 16.5. The molecular formula is C21H25N3O3. The first kappa shape index (κ1) is 17.7. The summed E-state index contributed by atoms with van der Waals surface area (Å²) in [5.74, 6) is 0.561. The van der Waals surface area contributed by atoms with Crippen LogP contribution in [0.3, 0.4) is 0 Å². The van der Waals surface area contributed by atoms with Crippen LogP contribution in [0.25, 0.3) is 0 Å². The first-order valence-electron chi connectivity index (χ1n) is 9.37. The summed E-state index contributed by atoms with van der Waals surface area (Å²) in [7, 11) is 0. The fourth-order valence-corrected chi connectivity index (χ4v) is 3.59. The van der Waals surface area contributed by atoms with E-state index in [-0.39, 0.29) is 18.1 Å². The summed E-state index contributed by atoms with van der Waals surface area (Å²) in [6, 6.07) is 14.1. The average Bonchev–Trinajstić information content (AvgIpc) is 2.63. The maximum Gasteiger partial charge on any atom is 0.265 e. The number of carbonyl (C=O) groups is 1. The molecule has 4 rings (SSSR count). The summed E-state index contributed by atoms with van der Waals surface area (Å²) in [5, 5.41) is 6.24. The smallest absolute Gasteiger partial charge is 0.265 e. The van der Waals surface area contributed by atoms with Crippen LogP contribution < -0.4 is 20.3 Å². The van der Waals surface area contributed by atoms with Crippen LogP contribution in [0.2, 0.25) is 0 Å². The highest BCUT2D eigenvalue weighted by Crippen LogP contribution is 2.33. The maximum absolute atomic E-state index is 11.7. The van der Waals surface area contributed by atoms with Gasteiger partial charge in [0, 0.05) is 36.2 Å². The van der Waals surface area contributed by atoms with E-state index in [0.717, 1.165) is 24.5 Å². The Morgan fingerprint density at radius 2 is 1.67 bits per heavy atom. The van der Waals surface area contributed by atoms with Gasteiger partial charge in [-0.05, 0) is 57.2 Å². The molecule has 2 heterocycles. The van der Waals surface area contributed by atoms with Crippen LogP contribution in [-0.2, 0) is 9.53 Å². The quantitative estimate of drug-likeness (QED) is 0.865. The molecule has 0 bridgehead atoms. The van der Waals surface area contributed by atoms with Gasteiger partial charge in [0.1, 0.15) is 5.75 Å². The van der Waals surface area contributed by atoms with E-state index in [2.05, 4.69) is 53.6 Å². The topological polar surface area (TPSA) is 62.8 Å². The number of amides is 1. The predicted octanol–water partition coefficient (Wildman–Crippen LogP) is 3.76. The van der Waals surface area contributed by atoms with E-state index in [1.54, 1.807) is 6.92 Å². The van der Waals surface area contributed by atoms with E-state index in [4.69, 9.17) is 9.47 Å². The number of anilines is 4. The van der Waals surface area contributed by atoms with Crippen molar-refractivity contribution in [2.75, 3.05) is 28.6 Å². The summed E-state index contributed by atoms with van der Waals surface area (Å²) in [5.41, 5.74) is 3.82. The van der Waals surface area contributed by atoms with Gasteiger partial charge in [-0.3, -0.25) is 4.79 Å². The number of morpholine rings is 1. The van der Waals surface area contributed by atoms with E-state index < -0.39 is 6.10 Å². The lowest BCUT2D eigenvalue weighted by molar-refractivity contribution is -0.122. The second-order valence-electron chi connectivity index (χ2n) is 7.29. The largest absolute Gasteiger partial charge is 0.479 e. The van der Waals surface area contributed by atoms with E-state index in [9.17, 15) is 4.79 Å². The van der Waals surface area contributed by atoms with Crippen molar-refractivity contribution in [2.24, 2.45) is 0 Å². The highest BCUT2D eigenvalue weighted by Gasteiger charge is 2.24. The molecule has 0 radical (unpaired) electrons. The number of hydrogen-bond donors (Lipinski definition) is 2. The molecule has 0 aliphatic carbocycles. The Morgan fingerprint density at radius 3 is 2.37 bits per heavy atom. The normalized spacial score (nSPS) is 24.6. The molecule has 1 amide bonds. The van der Waals surface area contributed by atoms with Gasteiger partial charge in [-0.1, -0.05) is 0 Å². The number of nitrogens with zero attached hydrogens (tertiary/aromatic N) is 1. The maximum atomic E-state index is 11.7. The van der Waals surface area contributed by atoms with Crippen LogP contribution in [-0.4, -0.2) is 37.3 Å². The molecule has 3 unspecified atom stereocenters. The van der Waals surface area contributed by atoms with Crippen molar-refractivity contribution in [2.45, 2.75) is 39.1 Å². The van der Waals surface area contributed by atoms with Crippen LogP contribution in [0.1, 0.15) is 20.8 Å². The third kappa shape index (κ3) is 3.85. The molecule has 2 aliphatic heterocycles.